The number of hydrogen-bond acceptors (Lipinski definition) is 4. The highest BCUT2D eigenvalue weighted by Crippen LogP contribution is 2.43. The number of H-pyrrole nitrogens is 1. The van der Waals surface area contributed by atoms with Gasteiger partial charge in [-0.25, -0.2) is 0 Å². The molecule has 1 fully saturated rings. The first-order chi connectivity index (χ1) is 12.5. The molecule has 1 atom stereocenters. The molecule has 26 heavy (non-hydrogen) atoms. The summed E-state index contributed by atoms with van der Waals surface area (Å²) in [6.07, 6.45) is 5.63. The van der Waals surface area contributed by atoms with E-state index in [1.54, 1.807) is 0 Å². The molecule has 0 unspecified atom stereocenters. The van der Waals surface area contributed by atoms with E-state index in [9.17, 15) is 9.59 Å². The number of fused-ring (bicyclic) bond motifs is 1. The summed E-state index contributed by atoms with van der Waals surface area (Å²) in [6, 6.07) is 0.250. The molecular formula is C18H25N5O2S. The molecular weight excluding hydrogens is 350 g/mol. The van der Waals surface area contributed by atoms with Gasteiger partial charge in [0.05, 0.1) is 28.3 Å². The highest BCUT2D eigenvalue weighted by atomic mass is 32.2. The molecule has 1 aliphatic heterocycles. The van der Waals surface area contributed by atoms with Crippen molar-refractivity contribution in [3.05, 3.63) is 32.9 Å². The van der Waals surface area contributed by atoms with E-state index in [0.29, 0.717) is 17.1 Å². The molecule has 2 aromatic rings. The highest BCUT2D eigenvalue weighted by molar-refractivity contribution is 8.00. The number of rotatable bonds is 2. The lowest BCUT2D eigenvalue weighted by molar-refractivity contribution is -0.113. The van der Waals surface area contributed by atoms with Gasteiger partial charge in [0.2, 0.25) is 5.91 Å². The van der Waals surface area contributed by atoms with Crippen LogP contribution in [0.3, 0.4) is 0 Å². The largest absolute Gasteiger partial charge is 0.310 e. The molecule has 1 amide bonds. The van der Waals surface area contributed by atoms with Gasteiger partial charge in [0, 0.05) is 18.3 Å². The minimum atomic E-state index is -0.189. The number of anilines is 1. The summed E-state index contributed by atoms with van der Waals surface area (Å²) in [5, 5.41) is 10.3. The van der Waals surface area contributed by atoms with E-state index >= 15 is 0 Å². The van der Waals surface area contributed by atoms with Crippen molar-refractivity contribution in [2.45, 2.75) is 57.2 Å². The molecule has 2 N–H and O–H groups in total. The third kappa shape index (κ3) is 2.80. The van der Waals surface area contributed by atoms with Crippen LogP contribution < -0.4 is 10.9 Å². The zero-order valence-corrected chi connectivity index (χ0v) is 16.3. The first-order valence-electron chi connectivity index (χ1n) is 9.23. The van der Waals surface area contributed by atoms with Gasteiger partial charge in [-0.2, -0.15) is 5.10 Å². The first kappa shape index (κ1) is 17.5. The Hall–Kier alpha value is -1.96. The quantitative estimate of drug-likeness (QED) is 0.845. The Morgan fingerprint density at radius 3 is 2.50 bits per heavy atom. The molecule has 4 rings (SSSR count). The molecule has 8 heteroatoms. The van der Waals surface area contributed by atoms with Crippen molar-refractivity contribution in [2.24, 2.45) is 7.05 Å². The average Bonchev–Trinajstić information content (AvgIpc) is 2.99. The van der Waals surface area contributed by atoms with E-state index in [2.05, 4.69) is 15.5 Å². The van der Waals surface area contributed by atoms with Crippen LogP contribution in [0.25, 0.3) is 0 Å². The van der Waals surface area contributed by atoms with Gasteiger partial charge >= 0.3 is 0 Å². The van der Waals surface area contributed by atoms with Crippen molar-refractivity contribution < 1.29 is 4.79 Å². The molecule has 0 aromatic carbocycles. The number of amides is 1. The minimum absolute atomic E-state index is 0.0542. The van der Waals surface area contributed by atoms with E-state index in [4.69, 9.17) is 0 Å². The summed E-state index contributed by atoms with van der Waals surface area (Å²) < 4.78 is 3.77. The Morgan fingerprint density at radius 2 is 1.85 bits per heavy atom. The maximum Gasteiger partial charge on any atom is 0.270 e. The number of carbonyl (C=O) groups excluding carboxylic acids is 1. The van der Waals surface area contributed by atoms with Crippen LogP contribution in [-0.2, 0) is 11.8 Å². The third-order valence-electron chi connectivity index (χ3n) is 5.63. The van der Waals surface area contributed by atoms with Crippen molar-refractivity contribution in [2.75, 3.05) is 11.1 Å². The van der Waals surface area contributed by atoms with Crippen molar-refractivity contribution in [1.82, 2.24) is 19.6 Å². The first-order valence-corrected chi connectivity index (χ1v) is 10.3. The van der Waals surface area contributed by atoms with Crippen molar-refractivity contribution in [1.29, 1.82) is 0 Å². The van der Waals surface area contributed by atoms with Crippen LogP contribution in [0.4, 0.5) is 5.82 Å². The van der Waals surface area contributed by atoms with Crippen LogP contribution in [0, 0.1) is 13.8 Å². The van der Waals surface area contributed by atoms with Gasteiger partial charge in [-0.05, 0) is 26.7 Å². The molecule has 0 bridgehead atoms. The molecule has 1 saturated carbocycles. The fourth-order valence-electron chi connectivity index (χ4n) is 4.25. The monoisotopic (exact) mass is 375 g/mol. The van der Waals surface area contributed by atoms with Gasteiger partial charge < -0.3 is 5.32 Å². The van der Waals surface area contributed by atoms with E-state index in [1.165, 1.54) is 18.2 Å². The summed E-state index contributed by atoms with van der Waals surface area (Å²) >= 11 is 1.51. The third-order valence-corrected chi connectivity index (χ3v) is 6.86. The molecule has 2 aromatic heterocycles. The van der Waals surface area contributed by atoms with Gasteiger partial charge in [-0.15, -0.1) is 11.8 Å². The van der Waals surface area contributed by atoms with Crippen LogP contribution in [-0.4, -0.2) is 31.2 Å². The molecule has 0 saturated heterocycles. The number of thioether (sulfide) groups is 1. The summed E-state index contributed by atoms with van der Waals surface area (Å²) in [5.74, 6) is 0.933. The lowest BCUT2D eigenvalue weighted by Crippen LogP contribution is -2.21. The standard InChI is InChI=1S/C18H25N5O2S/c1-10-14(11(2)22(3)20-10)16-15-17(19-13(24)9-26-16)23(21-18(15)25)12-7-5-4-6-8-12/h12,16H,4-9H2,1-3H3,(H,19,24)(H,21,25)/t16-/m0/s1. The minimum Gasteiger partial charge on any atom is -0.310 e. The predicted octanol–water partition coefficient (Wildman–Crippen LogP) is 2.81. The van der Waals surface area contributed by atoms with Crippen molar-refractivity contribution in [3.8, 4) is 0 Å². The smallest absolute Gasteiger partial charge is 0.270 e. The number of aromatic amines is 1. The van der Waals surface area contributed by atoms with Gasteiger partial charge in [0.15, 0.2) is 0 Å². The second-order valence-electron chi connectivity index (χ2n) is 7.31. The van der Waals surface area contributed by atoms with Gasteiger partial charge in [-0.3, -0.25) is 24.1 Å². The van der Waals surface area contributed by atoms with Crippen LogP contribution in [0.5, 0.6) is 0 Å². The van der Waals surface area contributed by atoms with Crippen molar-refractivity contribution in [3.63, 3.8) is 0 Å². The number of nitrogens with zero attached hydrogens (tertiary/aromatic N) is 3. The fraction of sp³-hybridized carbons (Fsp3) is 0.611. The Labute approximate surface area is 156 Å². The second-order valence-corrected chi connectivity index (χ2v) is 8.41. The van der Waals surface area contributed by atoms with Gasteiger partial charge in [-0.1, -0.05) is 19.3 Å². The van der Waals surface area contributed by atoms with Crippen LogP contribution >= 0.6 is 11.8 Å². The number of nitrogens with one attached hydrogen (secondary N) is 2. The maximum atomic E-state index is 12.9. The molecule has 7 nitrogen and oxygen atoms in total. The zero-order valence-electron chi connectivity index (χ0n) is 15.5. The predicted molar refractivity (Wildman–Crippen MR) is 103 cm³/mol. The molecule has 3 heterocycles. The second kappa shape index (κ2) is 6.64. The Bertz CT molecular complexity index is 904. The molecule has 140 valence electrons. The van der Waals surface area contributed by atoms with Gasteiger partial charge in [0.25, 0.3) is 5.56 Å². The van der Waals surface area contributed by atoms with Crippen LogP contribution in [0.2, 0.25) is 0 Å². The topological polar surface area (TPSA) is 84.7 Å². The summed E-state index contributed by atoms with van der Waals surface area (Å²) in [4.78, 5) is 25.3. The number of hydrogen-bond donors (Lipinski definition) is 2. The molecule has 2 aliphatic rings. The van der Waals surface area contributed by atoms with E-state index in [0.717, 1.165) is 42.6 Å². The normalized spacial score (nSPS) is 21.3. The Morgan fingerprint density at radius 1 is 1.12 bits per heavy atom. The molecule has 0 spiro atoms. The van der Waals surface area contributed by atoms with Crippen LogP contribution in [0.15, 0.2) is 4.79 Å². The van der Waals surface area contributed by atoms with E-state index in [-0.39, 0.29) is 22.8 Å². The highest BCUT2D eigenvalue weighted by Gasteiger charge is 2.34. The average molecular weight is 375 g/mol. The number of aryl methyl sites for hydroxylation is 2. The number of aromatic nitrogens is 4. The van der Waals surface area contributed by atoms with Gasteiger partial charge in [0.1, 0.15) is 5.82 Å². The van der Waals surface area contributed by atoms with Crippen LogP contribution in [0.1, 0.15) is 65.9 Å². The lowest BCUT2D eigenvalue weighted by Gasteiger charge is -2.24. The molecule has 1 aliphatic carbocycles. The maximum absolute atomic E-state index is 12.9. The fourth-order valence-corrected chi connectivity index (χ4v) is 5.54. The lowest BCUT2D eigenvalue weighted by atomic mass is 9.95. The molecule has 0 radical (unpaired) electrons. The SMILES string of the molecule is Cc1nn(C)c(C)c1[C@@H]1SCC(=O)Nc2c1c(=O)[nH]n2C1CCCCC1. The summed E-state index contributed by atoms with van der Waals surface area (Å²) in [7, 11) is 1.91. The number of carbonyl (C=O) groups is 1. The van der Waals surface area contributed by atoms with E-state index in [1.807, 2.05) is 30.3 Å². The summed E-state index contributed by atoms with van der Waals surface area (Å²) in [5.41, 5.74) is 3.54. The zero-order chi connectivity index (χ0) is 18.4. The van der Waals surface area contributed by atoms with Crippen molar-refractivity contribution >= 4 is 23.5 Å². The Kier molecular flexibility index (Phi) is 4.46. The van der Waals surface area contributed by atoms with E-state index < -0.39 is 0 Å². The summed E-state index contributed by atoms with van der Waals surface area (Å²) in [6.45, 7) is 3.98. The Balaban J connectivity index is 1.87.